The van der Waals surface area contributed by atoms with Crippen LogP contribution in [0.2, 0.25) is 0 Å². The molecule has 0 aliphatic carbocycles. The van der Waals surface area contributed by atoms with Gasteiger partial charge in [-0.3, -0.25) is 14.9 Å². The van der Waals surface area contributed by atoms with Crippen LogP contribution >= 0.6 is 7.82 Å². The van der Waals surface area contributed by atoms with Gasteiger partial charge in [-0.05, 0) is 94.0 Å². The van der Waals surface area contributed by atoms with Crippen molar-refractivity contribution in [2.24, 2.45) is 9.98 Å². The third-order valence-electron chi connectivity index (χ3n) is 14.9. The number of amidine groups is 2. The van der Waals surface area contributed by atoms with E-state index in [2.05, 4.69) is 0 Å². The predicted octanol–water partition coefficient (Wildman–Crippen LogP) is 14.0. The lowest BCUT2D eigenvalue weighted by molar-refractivity contribution is 0.294. The summed E-state index contributed by atoms with van der Waals surface area (Å²) >= 11 is 0. The summed E-state index contributed by atoms with van der Waals surface area (Å²) in [5, 5.41) is 2.34. The highest BCUT2D eigenvalue weighted by atomic mass is 32.2. The van der Waals surface area contributed by atoms with Crippen LogP contribution in [-0.4, -0.2) is 42.0 Å². The van der Waals surface area contributed by atoms with Gasteiger partial charge in [-0.1, -0.05) is 205 Å². The highest BCUT2D eigenvalue weighted by Gasteiger charge is 2.50. The third-order valence-corrected chi connectivity index (χ3v) is 19.3. The van der Waals surface area contributed by atoms with E-state index in [0.29, 0.717) is 32.7 Å². The van der Waals surface area contributed by atoms with Gasteiger partial charge in [-0.2, -0.15) is 0 Å². The zero-order valence-corrected chi connectivity index (χ0v) is 45.1. The molecule has 0 bridgehead atoms. The van der Waals surface area contributed by atoms with Gasteiger partial charge in [0.1, 0.15) is 23.8 Å². The van der Waals surface area contributed by atoms with Crippen molar-refractivity contribution >= 4 is 61.1 Å². The number of sulfonamides is 2. The Balaban J connectivity index is 1.13. The fourth-order valence-electron chi connectivity index (χ4n) is 11.3. The van der Waals surface area contributed by atoms with Crippen LogP contribution in [0.1, 0.15) is 68.7 Å². The molecule has 10 aromatic carbocycles. The van der Waals surface area contributed by atoms with Crippen LogP contribution in [0, 0.1) is 13.8 Å². The van der Waals surface area contributed by atoms with Crippen LogP contribution in [0.4, 0.5) is 0 Å². The van der Waals surface area contributed by atoms with Crippen molar-refractivity contribution in [2.75, 3.05) is 0 Å². The number of phosphoric ester groups is 1. The smallest absolute Gasteiger partial charge is 0.394 e. The molecule has 10 aromatic rings. The Morgan fingerprint density at radius 2 is 0.747 bits per heavy atom. The summed E-state index contributed by atoms with van der Waals surface area (Å²) in [6, 6.07) is 65.4. The minimum absolute atomic E-state index is 0.00970. The standard InChI is InChI=1S/C64H49N4O8PS2/c1-41-31-35-49(36-32-41)78(71,72)67-59(45-23-11-5-12-24-45)57(43-19-7-3-8-20-43)65-63(67)53-39-47-27-15-17-29-51(47)55-56-52-30-18-16-28-48(52)40-54(62(56)76-77(69,70)75-61(53)55)64-66-58(44-21-9-4-10-22-44)60(46-25-13-6-14-26-46)68(64)79(73,74)50-37-33-42(2)34-38-50/h3-40,57-60H,1-2H3,(H,69,70)/t57-,58-,59-,60-/m0/s1. The molecule has 79 heavy (non-hydrogen) atoms. The van der Waals surface area contributed by atoms with E-state index >= 15 is 21.4 Å². The first kappa shape index (κ1) is 49.9. The highest BCUT2D eigenvalue weighted by molar-refractivity contribution is 7.90. The number of aryl methyl sites for hydroxylation is 2. The largest absolute Gasteiger partial charge is 0.584 e. The van der Waals surface area contributed by atoms with Crippen LogP contribution < -0.4 is 9.05 Å². The average Bonchev–Trinajstić information content (AvgIpc) is 4.11. The van der Waals surface area contributed by atoms with Crippen LogP contribution in [0.3, 0.4) is 0 Å². The van der Waals surface area contributed by atoms with E-state index in [-0.39, 0.29) is 55.2 Å². The second kappa shape index (κ2) is 19.4. The Morgan fingerprint density at radius 1 is 0.430 bits per heavy atom. The van der Waals surface area contributed by atoms with E-state index in [1.807, 2.05) is 184 Å². The Hall–Kier alpha value is -8.65. The van der Waals surface area contributed by atoms with Crippen molar-refractivity contribution in [2.45, 2.75) is 47.8 Å². The van der Waals surface area contributed by atoms with E-state index in [1.54, 1.807) is 60.7 Å². The molecule has 13 rings (SSSR count). The van der Waals surface area contributed by atoms with Gasteiger partial charge in [0.25, 0.3) is 20.0 Å². The van der Waals surface area contributed by atoms with Crippen molar-refractivity contribution < 1.29 is 35.3 Å². The zero-order valence-electron chi connectivity index (χ0n) is 42.6. The molecule has 1 N–H and O–H groups in total. The molecule has 0 saturated heterocycles. The molecule has 0 fully saturated rings. The predicted molar refractivity (Wildman–Crippen MR) is 308 cm³/mol. The summed E-state index contributed by atoms with van der Waals surface area (Å²) in [6.07, 6.45) is 0. The Labute approximate surface area is 457 Å². The number of hydrogen-bond acceptors (Lipinski definition) is 9. The van der Waals surface area contributed by atoms with Gasteiger partial charge in [-0.15, -0.1) is 0 Å². The average molecular weight is 1100 g/mol. The maximum atomic E-state index is 15.8. The zero-order chi connectivity index (χ0) is 54.2. The first-order valence-corrected chi connectivity index (χ1v) is 30.1. The maximum Gasteiger partial charge on any atom is 0.584 e. The molecule has 0 spiro atoms. The second-order valence-electron chi connectivity index (χ2n) is 19.9. The van der Waals surface area contributed by atoms with E-state index in [1.165, 1.54) is 8.61 Å². The normalized spacial score (nSPS) is 18.7. The fourth-order valence-corrected chi connectivity index (χ4v) is 15.4. The number of rotatable bonds is 10. The molecule has 3 aliphatic heterocycles. The van der Waals surface area contributed by atoms with E-state index < -0.39 is 52.0 Å². The minimum atomic E-state index is -5.37. The van der Waals surface area contributed by atoms with Crippen LogP contribution in [0.5, 0.6) is 11.5 Å². The van der Waals surface area contributed by atoms with Gasteiger partial charge in [0.2, 0.25) is 0 Å². The molecule has 4 atom stereocenters. The first-order chi connectivity index (χ1) is 38.3. The van der Waals surface area contributed by atoms with Gasteiger partial charge in [-0.25, -0.2) is 30.0 Å². The van der Waals surface area contributed by atoms with E-state index in [0.717, 1.165) is 22.3 Å². The highest BCUT2D eigenvalue weighted by Crippen LogP contribution is 2.61. The van der Waals surface area contributed by atoms with E-state index in [9.17, 15) is 4.89 Å². The number of fused-ring (bicyclic) bond motifs is 7. The summed E-state index contributed by atoms with van der Waals surface area (Å²) in [4.78, 5) is 23.3. The molecule has 0 saturated carbocycles. The number of benzene rings is 10. The molecule has 3 heterocycles. The Kier molecular flexibility index (Phi) is 12.2. The third kappa shape index (κ3) is 8.59. The number of hydrogen-bond donors (Lipinski definition) is 1. The first-order valence-electron chi connectivity index (χ1n) is 25.7. The monoisotopic (exact) mass is 1100 g/mol. The lowest BCUT2D eigenvalue weighted by Crippen LogP contribution is -2.38. The van der Waals surface area contributed by atoms with Crippen LogP contribution in [-0.2, 0) is 24.6 Å². The SMILES string of the molecule is Cc1ccc(S(=O)(=O)N2C(c3cc4ccccc4c4c3OP(=O)(O)Oc3c(C5=N[C@@H](c6ccccc6)[C@H](c6ccccc6)N5S(=O)(=O)c5ccc(C)cc5)cc5ccccc5c3-4)=N[C@@H](c3ccccc3)[C@@H]2c2ccccc2)cc1. The molecular weight excluding hydrogens is 1050 g/mol. The number of aliphatic imine (C=N–C) groups is 2. The summed E-state index contributed by atoms with van der Waals surface area (Å²) in [5.41, 5.74) is 5.25. The van der Waals surface area contributed by atoms with Gasteiger partial charge in [0.15, 0.2) is 11.5 Å². The van der Waals surface area contributed by atoms with Gasteiger partial charge in [0, 0.05) is 11.1 Å². The molecule has 0 aromatic heterocycles. The number of nitrogens with zero attached hydrogens (tertiary/aromatic N) is 4. The van der Waals surface area contributed by atoms with Crippen molar-refractivity contribution in [3.8, 4) is 22.6 Å². The molecule has 15 heteroatoms. The molecule has 390 valence electrons. The number of phosphoric acid groups is 1. The molecule has 3 aliphatic rings. The summed E-state index contributed by atoms with van der Waals surface area (Å²) < 4.78 is 94.1. The molecule has 12 nitrogen and oxygen atoms in total. The molecule has 0 amide bonds. The lowest BCUT2D eigenvalue weighted by Gasteiger charge is -2.31. The van der Waals surface area contributed by atoms with Crippen molar-refractivity contribution in [1.29, 1.82) is 0 Å². The van der Waals surface area contributed by atoms with Crippen LogP contribution in [0.15, 0.2) is 250 Å². The summed E-state index contributed by atoms with van der Waals surface area (Å²) in [5.74, 6) is -0.422. The van der Waals surface area contributed by atoms with Crippen molar-refractivity contribution in [3.05, 3.63) is 275 Å². The van der Waals surface area contributed by atoms with Gasteiger partial charge >= 0.3 is 7.82 Å². The van der Waals surface area contributed by atoms with Gasteiger partial charge in [0.05, 0.1) is 33.0 Å². The lowest BCUT2D eigenvalue weighted by atomic mass is 9.88. The maximum absolute atomic E-state index is 15.8. The van der Waals surface area contributed by atoms with E-state index in [4.69, 9.17) is 19.0 Å². The summed E-state index contributed by atoms with van der Waals surface area (Å²) in [6.45, 7) is 3.76. The second-order valence-corrected chi connectivity index (χ2v) is 24.8. The topological polar surface area (TPSA) is 155 Å². The summed E-state index contributed by atoms with van der Waals surface area (Å²) in [7, 11) is -14.4. The Morgan fingerprint density at radius 3 is 1.10 bits per heavy atom. The van der Waals surface area contributed by atoms with Gasteiger partial charge < -0.3 is 9.05 Å². The minimum Gasteiger partial charge on any atom is -0.394 e. The van der Waals surface area contributed by atoms with Crippen LogP contribution in [0.25, 0.3) is 32.7 Å². The molecular formula is C64H49N4O8PS2. The molecule has 0 unspecified atom stereocenters. The quantitative estimate of drug-likeness (QED) is 0.133. The fraction of sp³-hybridized carbons (Fsp3) is 0.0938. The van der Waals surface area contributed by atoms with Crippen molar-refractivity contribution in [1.82, 2.24) is 8.61 Å². The Bertz CT molecular complexity index is 4100. The molecule has 0 radical (unpaired) electrons. The van der Waals surface area contributed by atoms with Crippen molar-refractivity contribution in [3.63, 3.8) is 0 Å².